The maximum absolute atomic E-state index is 12.8. The van der Waals surface area contributed by atoms with E-state index >= 15 is 0 Å². The fourth-order valence-corrected chi connectivity index (χ4v) is 5.77. The van der Waals surface area contributed by atoms with Gasteiger partial charge in [-0.2, -0.15) is 11.8 Å². The number of aliphatic hydroxyl groups is 2. The molecule has 0 spiro atoms. The van der Waals surface area contributed by atoms with Crippen LogP contribution in [-0.2, 0) is 20.8 Å². The van der Waals surface area contributed by atoms with Crippen LogP contribution in [0.3, 0.4) is 0 Å². The summed E-state index contributed by atoms with van der Waals surface area (Å²) in [7, 11) is 0. The second-order valence-corrected chi connectivity index (χ2v) is 12.2. The molecule has 1 rings (SSSR count). The number of nitrogens with one attached hydrogen (secondary N) is 2. The zero-order valence-electron chi connectivity index (χ0n) is 26.1. The molecule has 0 aliphatic rings. The van der Waals surface area contributed by atoms with E-state index in [1.807, 2.05) is 0 Å². The van der Waals surface area contributed by atoms with E-state index in [9.17, 15) is 34.8 Å². The number of unbranched alkanes of at least 4 members (excludes halogenated alkanes) is 12. The summed E-state index contributed by atoms with van der Waals surface area (Å²) in [6.07, 6.45) is 14.6. The molecule has 1 atom stereocenters. The number of carbonyl (C=O) groups excluding carboxylic acids is 2. The number of rotatable bonds is 25. The first-order valence-electron chi connectivity index (χ1n) is 15.9. The average Bonchev–Trinajstić information content (AvgIpc) is 2.97. The van der Waals surface area contributed by atoms with E-state index in [2.05, 4.69) is 17.6 Å². The Kier molecular flexibility index (Phi) is 21.3. The van der Waals surface area contributed by atoms with Crippen molar-refractivity contribution in [3.05, 3.63) is 41.0 Å². The summed E-state index contributed by atoms with van der Waals surface area (Å²) in [5.41, 5.74) is 1.14. The second kappa shape index (κ2) is 23.8. The number of aliphatic hydroxyl groups excluding tert-OH is 1. The van der Waals surface area contributed by atoms with Gasteiger partial charge in [-0.3, -0.25) is 9.59 Å². The van der Waals surface area contributed by atoms with Crippen molar-refractivity contribution in [2.24, 2.45) is 0 Å². The van der Waals surface area contributed by atoms with Crippen molar-refractivity contribution in [2.45, 2.75) is 122 Å². The molecule has 10 heteroatoms. The molecule has 0 fully saturated rings. The molecule has 1 aromatic carbocycles. The normalized spacial score (nSPS) is 12.6. The Hall–Kier alpha value is -2.56. The van der Waals surface area contributed by atoms with Crippen molar-refractivity contribution in [2.75, 3.05) is 18.1 Å². The van der Waals surface area contributed by atoms with E-state index in [0.29, 0.717) is 19.4 Å². The van der Waals surface area contributed by atoms with Crippen molar-refractivity contribution in [1.82, 2.24) is 10.6 Å². The summed E-state index contributed by atoms with van der Waals surface area (Å²) in [5.74, 6) is -1.71. The third-order valence-electron chi connectivity index (χ3n) is 7.44. The van der Waals surface area contributed by atoms with Crippen LogP contribution in [0.1, 0.15) is 109 Å². The molecular weight excluding hydrogens is 568 g/mol. The van der Waals surface area contributed by atoms with Crippen LogP contribution in [-0.4, -0.2) is 68.6 Å². The number of carboxylic acids is 1. The number of carboxylic acid groups (broad SMARTS) is 1. The fraction of sp³-hybridized carbons (Fsp3) is 0.667. The maximum Gasteiger partial charge on any atom is 0.327 e. The van der Waals surface area contributed by atoms with Crippen LogP contribution in [0.5, 0.6) is 5.75 Å². The van der Waals surface area contributed by atoms with E-state index in [-0.39, 0.29) is 40.7 Å². The molecule has 2 amide bonds. The minimum atomic E-state index is -1.83. The molecule has 0 saturated carbocycles. The summed E-state index contributed by atoms with van der Waals surface area (Å²) in [6.45, 7) is 3.96. The van der Waals surface area contributed by atoms with Gasteiger partial charge in [0, 0.05) is 30.0 Å². The van der Waals surface area contributed by atoms with Gasteiger partial charge < -0.3 is 31.1 Å². The summed E-state index contributed by atoms with van der Waals surface area (Å²) in [5, 5.41) is 43.6. The van der Waals surface area contributed by atoms with Gasteiger partial charge in [-0.25, -0.2) is 4.79 Å². The quantitative estimate of drug-likeness (QED) is 0.0477. The zero-order valence-corrected chi connectivity index (χ0v) is 26.9. The molecular formula is C33H54N2O7S. The Bertz CT molecular complexity index is 967. The molecule has 0 heterocycles. The van der Waals surface area contributed by atoms with Crippen molar-refractivity contribution in [3.8, 4) is 5.75 Å². The lowest BCUT2D eigenvalue weighted by Crippen LogP contribution is -2.42. The highest BCUT2D eigenvalue weighted by molar-refractivity contribution is 7.99. The number of hydrogen-bond acceptors (Lipinski definition) is 7. The number of phenolic OH excluding ortho intramolecular Hbond substituents is 1. The van der Waals surface area contributed by atoms with Gasteiger partial charge in [0.25, 0.3) is 0 Å². The predicted octanol–water partition coefficient (Wildman–Crippen LogP) is 5.46. The number of benzene rings is 1. The number of amides is 2. The van der Waals surface area contributed by atoms with Gasteiger partial charge in [0.15, 0.2) is 6.29 Å². The molecule has 0 bridgehead atoms. The van der Waals surface area contributed by atoms with Gasteiger partial charge in [0.05, 0.1) is 0 Å². The first-order chi connectivity index (χ1) is 20.6. The molecule has 1 aromatic rings. The van der Waals surface area contributed by atoms with Crippen molar-refractivity contribution < 1.29 is 34.8 Å². The van der Waals surface area contributed by atoms with E-state index in [1.54, 1.807) is 24.3 Å². The summed E-state index contributed by atoms with van der Waals surface area (Å²) < 4.78 is 0. The summed E-state index contributed by atoms with van der Waals surface area (Å²) in [4.78, 5) is 36.9. The monoisotopic (exact) mass is 622 g/mol. The SMILES string of the molecule is CCCCCCCCCCCCCCCC(=O)NC(CSC/C(C(=O)NCCc1ccc(O)cc1)=C(\C)C(O)O)C(=O)O. The Morgan fingerprint density at radius 2 is 1.37 bits per heavy atom. The van der Waals surface area contributed by atoms with Crippen LogP contribution in [0.25, 0.3) is 0 Å². The lowest BCUT2D eigenvalue weighted by molar-refractivity contribution is -0.141. The van der Waals surface area contributed by atoms with Gasteiger partial charge in [0.2, 0.25) is 11.8 Å². The van der Waals surface area contributed by atoms with Crippen LogP contribution < -0.4 is 10.6 Å². The van der Waals surface area contributed by atoms with Crippen molar-refractivity contribution >= 4 is 29.5 Å². The number of aromatic hydroxyl groups is 1. The lowest BCUT2D eigenvalue weighted by Gasteiger charge is -2.17. The highest BCUT2D eigenvalue weighted by atomic mass is 32.2. The van der Waals surface area contributed by atoms with Crippen molar-refractivity contribution in [1.29, 1.82) is 0 Å². The van der Waals surface area contributed by atoms with E-state index in [0.717, 1.165) is 36.6 Å². The van der Waals surface area contributed by atoms with Crippen LogP contribution in [0.4, 0.5) is 0 Å². The first kappa shape index (κ1) is 38.5. The minimum absolute atomic E-state index is 0.0266. The van der Waals surface area contributed by atoms with E-state index in [1.165, 1.54) is 64.7 Å². The molecule has 1 unspecified atom stereocenters. The predicted molar refractivity (Wildman–Crippen MR) is 173 cm³/mol. The molecule has 0 aliphatic heterocycles. The third kappa shape index (κ3) is 18.7. The molecule has 244 valence electrons. The number of carbonyl (C=O) groups is 3. The van der Waals surface area contributed by atoms with Gasteiger partial charge in [0.1, 0.15) is 11.8 Å². The van der Waals surface area contributed by atoms with E-state index < -0.39 is 24.2 Å². The third-order valence-corrected chi connectivity index (χ3v) is 8.51. The van der Waals surface area contributed by atoms with Gasteiger partial charge >= 0.3 is 5.97 Å². The number of phenols is 1. The molecule has 0 radical (unpaired) electrons. The Morgan fingerprint density at radius 3 is 1.88 bits per heavy atom. The van der Waals surface area contributed by atoms with Gasteiger partial charge in [-0.1, -0.05) is 96.1 Å². The van der Waals surface area contributed by atoms with Gasteiger partial charge in [-0.15, -0.1) is 0 Å². The zero-order chi connectivity index (χ0) is 31.9. The van der Waals surface area contributed by atoms with Gasteiger partial charge in [-0.05, 0) is 43.0 Å². The average molecular weight is 623 g/mol. The van der Waals surface area contributed by atoms with Crippen LogP contribution in [0, 0.1) is 0 Å². The first-order valence-corrected chi connectivity index (χ1v) is 17.0. The molecule has 6 N–H and O–H groups in total. The highest BCUT2D eigenvalue weighted by Crippen LogP contribution is 2.17. The van der Waals surface area contributed by atoms with E-state index in [4.69, 9.17) is 0 Å². The Morgan fingerprint density at radius 1 is 0.837 bits per heavy atom. The molecule has 0 aromatic heterocycles. The van der Waals surface area contributed by atoms with Crippen molar-refractivity contribution in [3.63, 3.8) is 0 Å². The maximum atomic E-state index is 12.8. The topological polar surface area (TPSA) is 156 Å². The number of thioether (sulfide) groups is 1. The lowest BCUT2D eigenvalue weighted by atomic mass is 10.0. The molecule has 43 heavy (non-hydrogen) atoms. The Labute approximate surface area is 261 Å². The number of hydrogen-bond donors (Lipinski definition) is 6. The molecule has 9 nitrogen and oxygen atoms in total. The second-order valence-electron chi connectivity index (χ2n) is 11.2. The van der Waals surface area contributed by atoms with Crippen LogP contribution >= 0.6 is 11.8 Å². The smallest absolute Gasteiger partial charge is 0.327 e. The number of aliphatic carboxylic acids is 1. The standard InChI is InChI=1S/C33H54N2O7S/c1-3-4-5-6-7-8-9-10-11-12-13-14-15-16-30(37)35-29(33(41)42)24-43-23-28(25(2)32(39)40)31(38)34-22-21-26-17-19-27(36)20-18-26/h17-20,29,32,36,39-40H,3-16,21-24H2,1-2H3,(H,34,38)(H,35,37)(H,41,42)/b28-25-. The summed E-state index contributed by atoms with van der Waals surface area (Å²) >= 11 is 1.13. The van der Waals surface area contributed by atoms with Crippen LogP contribution in [0.2, 0.25) is 0 Å². The highest BCUT2D eigenvalue weighted by Gasteiger charge is 2.22. The Balaban J connectivity index is 2.34. The fourth-order valence-electron chi connectivity index (χ4n) is 4.63. The molecule has 0 saturated heterocycles. The largest absolute Gasteiger partial charge is 0.508 e. The minimum Gasteiger partial charge on any atom is -0.508 e. The van der Waals surface area contributed by atoms with Crippen LogP contribution in [0.15, 0.2) is 35.4 Å². The molecule has 0 aliphatic carbocycles. The summed E-state index contributed by atoms with van der Waals surface area (Å²) in [6, 6.07) is 5.49.